The lowest BCUT2D eigenvalue weighted by molar-refractivity contribution is 0.131. The van der Waals surface area contributed by atoms with Crippen LogP contribution in [0.4, 0.5) is 0 Å². The van der Waals surface area contributed by atoms with Crippen molar-refractivity contribution in [1.82, 2.24) is 24.6 Å². The molecule has 2 aromatic rings. The summed E-state index contributed by atoms with van der Waals surface area (Å²) in [5.41, 5.74) is 1.23. The number of hydrogen-bond donors (Lipinski definition) is 1. The first-order valence-electron chi connectivity index (χ1n) is 7.50. The fraction of sp³-hybridized carbons (Fsp3) is 0.600. The van der Waals surface area contributed by atoms with Crippen LogP contribution in [0.5, 0.6) is 0 Å². The molecule has 1 atom stereocenters. The summed E-state index contributed by atoms with van der Waals surface area (Å²) < 4.78 is 2.26. The van der Waals surface area contributed by atoms with E-state index in [9.17, 15) is 0 Å². The van der Waals surface area contributed by atoms with Crippen LogP contribution in [0, 0.1) is 0 Å². The number of likely N-dealkylation sites (tertiary alicyclic amines) is 1. The smallest absolute Gasteiger partial charge is 0.123 e. The quantitative estimate of drug-likeness (QED) is 0.932. The monoisotopic (exact) mass is 273 g/mol. The predicted molar refractivity (Wildman–Crippen MR) is 78.2 cm³/mol. The number of rotatable bonds is 4. The van der Waals surface area contributed by atoms with Crippen molar-refractivity contribution in [3.8, 4) is 0 Å². The van der Waals surface area contributed by atoms with Crippen LogP contribution in [0.1, 0.15) is 56.7 Å². The SMILES string of the molecule is CC(C)n1ccnc1CN1CCCCC1c1ccn[nH]1. The van der Waals surface area contributed by atoms with Gasteiger partial charge in [0.1, 0.15) is 5.82 Å². The molecular formula is C15H23N5. The summed E-state index contributed by atoms with van der Waals surface area (Å²) in [7, 11) is 0. The van der Waals surface area contributed by atoms with Crippen LogP contribution in [-0.4, -0.2) is 31.2 Å². The third-order valence-electron chi connectivity index (χ3n) is 4.14. The van der Waals surface area contributed by atoms with Gasteiger partial charge in [0, 0.05) is 24.6 Å². The first-order valence-corrected chi connectivity index (χ1v) is 7.50. The standard InChI is InChI=1S/C15H23N5/c1-12(2)20-10-8-16-15(20)11-19-9-4-3-5-14(19)13-6-7-17-18-13/h6-8,10,12,14H,3-5,9,11H2,1-2H3,(H,17,18). The van der Waals surface area contributed by atoms with E-state index in [1.165, 1.54) is 25.0 Å². The Morgan fingerprint density at radius 2 is 2.25 bits per heavy atom. The number of aromatic nitrogens is 4. The van der Waals surface area contributed by atoms with Gasteiger partial charge in [0.2, 0.25) is 0 Å². The molecule has 2 aromatic heterocycles. The minimum absolute atomic E-state index is 0.448. The Hall–Kier alpha value is -1.62. The lowest BCUT2D eigenvalue weighted by Gasteiger charge is -2.35. The Bertz CT molecular complexity index is 528. The van der Waals surface area contributed by atoms with Crippen LogP contribution in [0.3, 0.4) is 0 Å². The van der Waals surface area contributed by atoms with E-state index in [1.807, 2.05) is 12.4 Å². The van der Waals surface area contributed by atoms with E-state index in [1.54, 1.807) is 0 Å². The molecule has 0 spiro atoms. The highest BCUT2D eigenvalue weighted by Crippen LogP contribution is 2.30. The largest absolute Gasteiger partial charge is 0.331 e. The summed E-state index contributed by atoms with van der Waals surface area (Å²) in [6, 6.07) is 3.00. The van der Waals surface area contributed by atoms with E-state index in [0.29, 0.717) is 12.1 Å². The summed E-state index contributed by atoms with van der Waals surface area (Å²) in [5.74, 6) is 1.16. The Balaban J connectivity index is 1.79. The lowest BCUT2D eigenvalue weighted by atomic mass is 9.99. The second-order valence-electron chi connectivity index (χ2n) is 5.84. The van der Waals surface area contributed by atoms with Gasteiger partial charge in [0.15, 0.2) is 0 Å². The van der Waals surface area contributed by atoms with E-state index in [4.69, 9.17) is 0 Å². The van der Waals surface area contributed by atoms with Gasteiger partial charge in [-0.25, -0.2) is 4.98 Å². The van der Waals surface area contributed by atoms with Crippen LogP contribution in [0.15, 0.2) is 24.7 Å². The molecule has 1 N–H and O–H groups in total. The van der Waals surface area contributed by atoms with Gasteiger partial charge < -0.3 is 4.57 Å². The van der Waals surface area contributed by atoms with Gasteiger partial charge >= 0.3 is 0 Å². The second-order valence-corrected chi connectivity index (χ2v) is 5.84. The van der Waals surface area contributed by atoms with Gasteiger partial charge in [-0.05, 0) is 39.3 Å². The highest BCUT2D eigenvalue weighted by atomic mass is 15.2. The van der Waals surface area contributed by atoms with E-state index < -0.39 is 0 Å². The lowest BCUT2D eigenvalue weighted by Crippen LogP contribution is -2.34. The summed E-state index contributed by atoms with van der Waals surface area (Å²) in [4.78, 5) is 7.07. The molecule has 1 fully saturated rings. The van der Waals surface area contributed by atoms with Gasteiger partial charge in [0.25, 0.3) is 0 Å². The summed E-state index contributed by atoms with van der Waals surface area (Å²) >= 11 is 0. The number of H-pyrrole nitrogens is 1. The zero-order chi connectivity index (χ0) is 13.9. The minimum Gasteiger partial charge on any atom is -0.331 e. The number of nitrogens with zero attached hydrogens (tertiary/aromatic N) is 4. The molecule has 20 heavy (non-hydrogen) atoms. The molecule has 5 nitrogen and oxygen atoms in total. The molecule has 0 bridgehead atoms. The second kappa shape index (κ2) is 5.79. The Kier molecular flexibility index (Phi) is 3.87. The van der Waals surface area contributed by atoms with Crippen molar-refractivity contribution in [2.45, 2.75) is 51.7 Å². The number of piperidine rings is 1. The van der Waals surface area contributed by atoms with Gasteiger partial charge in [0.05, 0.1) is 18.3 Å². The van der Waals surface area contributed by atoms with Gasteiger partial charge in [-0.3, -0.25) is 10.00 Å². The Morgan fingerprint density at radius 1 is 1.35 bits per heavy atom. The third kappa shape index (κ3) is 2.63. The van der Waals surface area contributed by atoms with Crippen molar-refractivity contribution in [2.75, 3.05) is 6.54 Å². The molecule has 3 rings (SSSR count). The molecule has 108 valence electrons. The van der Waals surface area contributed by atoms with Crippen molar-refractivity contribution in [3.63, 3.8) is 0 Å². The number of hydrogen-bond acceptors (Lipinski definition) is 3. The fourth-order valence-corrected chi connectivity index (χ4v) is 3.10. The van der Waals surface area contributed by atoms with E-state index in [-0.39, 0.29) is 0 Å². The van der Waals surface area contributed by atoms with Gasteiger partial charge in [-0.15, -0.1) is 0 Å². The van der Waals surface area contributed by atoms with Crippen molar-refractivity contribution in [3.05, 3.63) is 36.2 Å². The molecule has 3 heterocycles. The fourth-order valence-electron chi connectivity index (χ4n) is 3.10. The summed E-state index contributed by atoms with van der Waals surface area (Å²) in [5, 5.41) is 7.24. The van der Waals surface area contributed by atoms with Gasteiger partial charge in [-0.1, -0.05) is 6.42 Å². The van der Waals surface area contributed by atoms with Crippen LogP contribution >= 0.6 is 0 Å². The Morgan fingerprint density at radius 3 is 3.00 bits per heavy atom. The molecular weight excluding hydrogens is 250 g/mol. The first-order chi connectivity index (χ1) is 9.75. The van der Waals surface area contributed by atoms with Crippen molar-refractivity contribution in [1.29, 1.82) is 0 Å². The first kappa shape index (κ1) is 13.4. The molecule has 0 aliphatic carbocycles. The highest BCUT2D eigenvalue weighted by molar-refractivity contribution is 5.07. The number of nitrogens with one attached hydrogen (secondary N) is 1. The number of aromatic amines is 1. The molecule has 0 saturated carbocycles. The molecule has 0 radical (unpaired) electrons. The van der Waals surface area contributed by atoms with Crippen molar-refractivity contribution >= 4 is 0 Å². The normalized spacial score (nSPS) is 20.6. The third-order valence-corrected chi connectivity index (χ3v) is 4.14. The van der Waals surface area contributed by atoms with Crippen molar-refractivity contribution < 1.29 is 0 Å². The molecule has 5 heteroatoms. The van der Waals surface area contributed by atoms with Crippen LogP contribution in [0.25, 0.3) is 0 Å². The maximum Gasteiger partial charge on any atom is 0.123 e. The minimum atomic E-state index is 0.448. The van der Waals surface area contributed by atoms with Crippen molar-refractivity contribution in [2.24, 2.45) is 0 Å². The molecule has 1 aliphatic rings. The summed E-state index contributed by atoms with van der Waals surface area (Å²) in [6.45, 7) is 6.45. The molecule has 1 aliphatic heterocycles. The van der Waals surface area contributed by atoms with E-state index in [2.05, 4.69) is 50.8 Å². The maximum absolute atomic E-state index is 4.54. The maximum atomic E-state index is 4.54. The average molecular weight is 273 g/mol. The highest BCUT2D eigenvalue weighted by Gasteiger charge is 2.26. The average Bonchev–Trinajstić information content (AvgIpc) is 3.09. The number of imidazole rings is 1. The van der Waals surface area contributed by atoms with E-state index in [0.717, 1.165) is 18.9 Å². The predicted octanol–water partition coefficient (Wildman–Crippen LogP) is 2.91. The molecule has 1 saturated heterocycles. The molecule has 0 amide bonds. The van der Waals surface area contributed by atoms with E-state index >= 15 is 0 Å². The topological polar surface area (TPSA) is 49.7 Å². The van der Waals surface area contributed by atoms with Crippen LogP contribution in [0.2, 0.25) is 0 Å². The van der Waals surface area contributed by atoms with Gasteiger partial charge in [-0.2, -0.15) is 5.10 Å². The van der Waals surface area contributed by atoms with Crippen LogP contribution in [-0.2, 0) is 6.54 Å². The summed E-state index contributed by atoms with van der Waals surface area (Å²) in [6.07, 6.45) is 9.59. The Labute approximate surface area is 120 Å². The molecule has 0 aromatic carbocycles. The zero-order valence-corrected chi connectivity index (χ0v) is 12.3. The molecule has 1 unspecified atom stereocenters. The zero-order valence-electron chi connectivity index (χ0n) is 12.3. The van der Waals surface area contributed by atoms with Crippen LogP contribution < -0.4 is 0 Å².